The molecule has 0 atom stereocenters. The number of aromatic nitrogens is 2. The van der Waals surface area contributed by atoms with Gasteiger partial charge in [-0.2, -0.15) is 5.10 Å². The molecule has 0 amide bonds. The predicted octanol–water partition coefficient (Wildman–Crippen LogP) is 2.79. The number of fused-ring (bicyclic) bond motifs is 1. The molecular formula is C14H17N3. The van der Waals surface area contributed by atoms with E-state index in [-0.39, 0.29) is 0 Å². The number of rotatable bonds is 2. The van der Waals surface area contributed by atoms with E-state index in [1.807, 2.05) is 6.20 Å². The third kappa shape index (κ3) is 1.82. The van der Waals surface area contributed by atoms with Gasteiger partial charge in [0.05, 0.1) is 23.3 Å². The van der Waals surface area contributed by atoms with Crippen molar-refractivity contribution < 1.29 is 0 Å². The van der Waals surface area contributed by atoms with Gasteiger partial charge in [0.15, 0.2) is 0 Å². The summed E-state index contributed by atoms with van der Waals surface area (Å²) in [6, 6.07) is 8.67. The fourth-order valence-electron chi connectivity index (χ4n) is 2.34. The maximum atomic E-state index is 4.48. The van der Waals surface area contributed by atoms with Crippen molar-refractivity contribution in [3.05, 3.63) is 41.7 Å². The number of nitrogens with one attached hydrogen (secondary N) is 1. The summed E-state index contributed by atoms with van der Waals surface area (Å²) in [5.74, 6) is 0. The molecule has 3 heteroatoms. The van der Waals surface area contributed by atoms with Crippen LogP contribution in [-0.4, -0.2) is 16.3 Å². The zero-order chi connectivity index (χ0) is 11.7. The quantitative estimate of drug-likeness (QED) is 0.855. The fourth-order valence-corrected chi connectivity index (χ4v) is 2.34. The smallest absolute Gasteiger partial charge is 0.0763 e. The van der Waals surface area contributed by atoms with Crippen LogP contribution in [0.2, 0.25) is 0 Å². The molecule has 0 unspecified atom stereocenters. The minimum Gasteiger partial charge on any atom is -0.382 e. The molecule has 0 aliphatic carbocycles. The summed E-state index contributed by atoms with van der Waals surface area (Å²) in [4.78, 5) is 0. The molecule has 0 saturated heterocycles. The molecule has 0 radical (unpaired) electrons. The number of nitrogens with zero attached hydrogens (tertiary/aromatic N) is 2. The molecule has 1 aromatic carbocycles. The van der Waals surface area contributed by atoms with Crippen LogP contribution in [0, 0.1) is 0 Å². The monoisotopic (exact) mass is 227 g/mol. The van der Waals surface area contributed by atoms with Crippen LogP contribution in [0.1, 0.15) is 24.6 Å². The molecular weight excluding hydrogens is 210 g/mol. The van der Waals surface area contributed by atoms with E-state index in [0.29, 0.717) is 0 Å². The first-order valence-electron chi connectivity index (χ1n) is 6.28. The molecule has 1 aliphatic heterocycles. The van der Waals surface area contributed by atoms with Crippen molar-refractivity contribution in [3.63, 3.8) is 0 Å². The molecule has 0 bridgehead atoms. The summed E-state index contributed by atoms with van der Waals surface area (Å²) >= 11 is 0. The standard InChI is InChI=1S/C14H17N3/c1-2-11-5-7-12(8-6-11)17-14-4-3-9-15-13(14)10-16-17/h5-8,10,15H,2-4,9H2,1H3. The van der Waals surface area contributed by atoms with Crippen LogP contribution in [0.4, 0.5) is 5.69 Å². The Morgan fingerprint density at radius 1 is 1.29 bits per heavy atom. The Morgan fingerprint density at radius 2 is 2.12 bits per heavy atom. The second kappa shape index (κ2) is 4.24. The second-order valence-electron chi connectivity index (χ2n) is 4.47. The summed E-state index contributed by atoms with van der Waals surface area (Å²) in [5, 5.41) is 7.87. The number of hydrogen-bond acceptors (Lipinski definition) is 2. The lowest BCUT2D eigenvalue weighted by molar-refractivity contribution is 0.743. The molecule has 1 N–H and O–H groups in total. The first kappa shape index (κ1) is 10.4. The largest absolute Gasteiger partial charge is 0.382 e. The Kier molecular flexibility index (Phi) is 2.59. The van der Waals surface area contributed by atoms with Crippen molar-refractivity contribution >= 4 is 5.69 Å². The third-order valence-electron chi connectivity index (χ3n) is 3.36. The minimum atomic E-state index is 1.06. The molecule has 88 valence electrons. The number of benzene rings is 1. The van der Waals surface area contributed by atoms with Gasteiger partial charge >= 0.3 is 0 Å². The summed E-state index contributed by atoms with van der Waals surface area (Å²) in [7, 11) is 0. The van der Waals surface area contributed by atoms with E-state index in [1.165, 1.54) is 23.4 Å². The maximum absolute atomic E-state index is 4.48. The SMILES string of the molecule is CCc1ccc(-n2ncc3c2CCCN3)cc1. The topological polar surface area (TPSA) is 29.9 Å². The third-order valence-corrected chi connectivity index (χ3v) is 3.36. The van der Waals surface area contributed by atoms with Crippen molar-refractivity contribution in [1.29, 1.82) is 0 Å². The fraction of sp³-hybridized carbons (Fsp3) is 0.357. The predicted molar refractivity (Wildman–Crippen MR) is 69.8 cm³/mol. The molecule has 17 heavy (non-hydrogen) atoms. The van der Waals surface area contributed by atoms with Gasteiger partial charge in [0, 0.05) is 6.54 Å². The van der Waals surface area contributed by atoms with Gasteiger partial charge < -0.3 is 5.32 Å². The molecule has 3 nitrogen and oxygen atoms in total. The molecule has 2 aromatic rings. The molecule has 2 heterocycles. The van der Waals surface area contributed by atoms with Crippen LogP contribution in [0.25, 0.3) is 5.69 Å². The molecule has 0 spiro atoms. The zero-order valence-corrected chi connectivity index (χ0v) is 10.1. The van der Waals surface area contributed by atoms with Gasteiger partial charge in [-0.1, -0.05) is 19.1 Å². The Bertz CT molecular complexity index is 511. The molecule has 1 aliphatic rings. The van der Waals surface area contributed by atoms with Crippen molar-refractivity contribution in [2.75, 3.05) is 11.9 Å². The van der Waals surface area contributed by atoms with E-state index in [0.717, 1.165) is 25.1 Å². The van der Waals surface area contributed by atoms with E-state index in [9.17, 15) is 0 Å². The van der Waals surface area contributed by atoms with Crippen molar-refractivity contribution in [1.82, 2.24) is 9.78 Å². The average Bonchev–Trinajstić information content (AvgIpc) is 2.83. The van der Waals surface area contributed by atoms with Gasteiger partial charge in [-0.3, -0.25) is 0 Å². The highest BCUT2D eigenvalue weighted by atomic mass is 15.3. The van der Waals surface area contributed by atoms with Crippen LogP contribution < -0.4 is 5.32 Å². The van der Waals surface area contributed by atoms with Crippen molar-refractivity contribution in [2.24, 2.45) is 0 Å². The average molecular weight is 227 g/mol. The minimum absolute atomic E-state index is 1.06. The van der Waals surface area contributed by atoms with Gasteiger partial charge in [0.25, 0.3) is 0 Å². The molecule has 3 rings (SSSR count). The van der Waals surface area contributed by atoms with Crippen LogP contribution in [-0.2, 0) is 12.8 Å². The van der Waals surface area contributed by atoms with Crippen LogP contribution in [0.5, 0.6) is 0 Å². The van der Waals surface area contributed by atoms with Crippen molar-refractivity contribution in [2.45, 2.75) is 26.2 Å². The highest BCUT2D eigenvalue weighted by Gasteiger charge is 2.15. The lowest BCUT2D eigenvalue weighted by atomic mass is 10.1. The summed E-state index contributed by atoms with van der Waals surface area (Å²) in [5.41, 5.74) is 5.02. The second-order valence-corrected chi connectivity index (χ2v) is 4.47. The normalized spacial score (nSPS) is 14.2. The maximum Gasteiger partial charge on any atom is 0.0763 e. The lowest BCUT2D eigenvalue weighted by Crippen LogP contribution is -2.13. The van der Waals surface area contributed by atoms with E-state index < -0.39 is 0 Å². The molecule has 1 aromatic heterocycles. The van der Waals surface area contributed by atoms with E-state index in [1.54, 1.807) is 0 Å². The zero-order valence-electron chi connectivity index (χ0n) is 10.1. The van der Waals surface area contributed by atoms with Crippen LogP contribution >= 0.6 is 0 Å². The first-order chi connectivity index (χ1) is 8.38. The Balaban J connectivity index is 2.00. The Morgan fingerprint density at radius 3 is 2.88 bits per heavy atom. The van der Waals surface area contributed by atoms with E-state index in [4.69, 9.17) is 0 Å². The lowest BCUT2D eigenvalue weighted by Gasteiger charge is -2.15. The van der Waals surface area contributed by atoms with Crippen LogP contribution in [0.3, 0.4) is 0 Å². The number of hydrogen-bond donors (Lipinski definition) is 1. The Hall–Kier alpha value is -1.77. The van der Waals surface area contributed by atoms with Crippen molar-refractivity contribution in [3.8, 4) is 5.69 Å². The highest BCUT2D eigenvalue weighted by molar-refractivity contribution is 5.51. The highest BCUT2D eigenvalue weighted by Crippen LogP contribution is 2.24. The first-order valence-corrected chi connectivity index (χ1v) is 6.28. The molecule has 0 saturated carbocycles. The summed E-state index contributed by atoms with van der Waals surface area (Å²) in [6.07, 6.45) is 5.31. The van der Waals surface area contributed by atoms with E-state index in [2.05, 4.69) is 46.3 Å². The number of anilines is 1. The summed E-state index contributed by atoms with van der Waals surface area (Å²) in [6.45, 7) is 3.24. The van der Waals surface area contributed by atoms with Gasteiger partial charge in [0.1, 0.15) is 0 Å². The van der Waals surface area contributed by atoms with Gasteiger partial charge in [0.2, 0.25) is 0 Å². The molecule has 0 fully saturated rings. The van der Waals surface area contributed by atoms with Gasteiger partial charge in [-0.15, -0.1) is 0 Å². The van der Waals surface area contributed by atoms with Gasteiger partial charge in [-0.25, -0.2) is 4.68 Å². The number of aryl methyl sites for hydroxylation is 1. The van der Waals surface area contributed by atoms with E-state index >= 15 is 0 Å². The Labute approximate surface area is 101 Å². The van der Waals surface area contributed by atoms with Crippen LogP contribution in [0.15, 0.2) is 30.5 Å². The summed E-state index contributed by atoms with van der Waals surface area (Å²) < 4.78 is 2.06. The van der Waals surface area contributed by atoms with Gasteiger partial charge in [-0.05, 0) is 37.0 Å².